The summed E-state index contributed by atoms with van der Waals surface area (Å²) in [4.78, 5) is 4.47. The summed E-state index contributed by atoms with van der Waals surface area (Å²) in [5.41, 5.74) is 1.18. The van der Waals surface area contributed by atoms with Crippen LogP contribution in [0.15, 0.2) is 16.9 Å². The molecule has 0 saturated heterocycles. The normalized spacial score (nSPS) is 18.1. The van der Waals surface area contributed by atoms with Gasteiger partial charge in [0.1, 0.15) is 0 Å². The average Bonchev–Trinajstić information content (AvgIpc) is 2.98. The first-order valence-electron chi connectivity index (χ1n) is 7.20. The van der Waals surface area contributed by atoms with E-state index in [-0.39, 0.29) is 12.1 Å². The molecule has 1 aliphatic carbocycles. The Morgan fingerprint density at radius 3 is 2.90 bits per heavy atom. The van der Waals surface area contributed by atoms with Crippen molar-refractivity contribution in [3.05, 3.63) is 29.7 Å². The molecule has 0 aliphatic heterocycles. The molecule has 6 heteroatoms. The smallest absolute Gasteiger partial charge is 0.243 e. The molecule has 0 aromatic carbocycles. The van der Waals surface area contributed by atoms with Crippen molar-refractivity contribution in [1.82, 2.24) is 25.2 Å². The van der Waals surface area contributed by atoms with E-state index < -0.39 is 0 Å². The minimum Gasteiger partial charge on any atom is -0.338 e. The Balaban J connectivity index is 1.55. The molecule has 0 spiro atoms. The summed E-state index contributed by atoms with van der Waals surface area (Å²) in [6, 6.07) is 0.335. The minimum atomic E-state index is 0.0571. The highest BCUT2D eigenvalue weighted by molar-refractivity contribution is 5.04. The highest BCUT2D eigenvalue weighted by atomic mass is 16.5. The standard InChI is InChI=1S/C14H21N5O/c1-9-6-15-19(7-9)8-10(2)16-11(3)14-17-13(18-20-14)12-4-5-12/h6-7,10-12,16H,4-5,8H2,1-3H3/t10-,11+/m1/s1. The van der Waals surface area contributed by atoms with Crippen molar-refractivity contribution >= 4 is 0 Å². The lowest BCUT2D eigenvalue weighted by molar-refractivity contribution is 0.314. The number of nitrogens with one attached hydrogen (secondary N) is 1. The van der Waals surface area contributed by atoms with Gasteiger partial charge >= 0.3 is 0 Å². The van der Waals surface area contributed by atoms with Crippen LogP contribution in [0.5, 0.6) is 0 Å². The van der Waals surface area contributed by atoms with Crippen molar-refractivity contribution in [3.8, 4) is 0 Å². The van der Waals surface area contributed by atoms with Crippen molar-refractivity contribution in [2.75, 3.05) is 0 Å². The molecule has 1 N–H and O–H groups in total. The molecule has 2 heterocycles. The van der Waals surface area contributed by atoms with Gasteiger partial charge in [-0.3, -0.25) is 4.68 Å². The summed E-state index contributed by atoms with van der Waals surface area (Å²) in [7, 11) is 0. The molecular formula is C14H21N5O. The van der Waals surface area contributed by atoms with Crippen LogP contribution in [-0.4, -0.2) is 26.0 Å². The van der Waals surface area contributed by atoms with Gasteiger partial charge in [0.05, 0.1) is 18.8 Å². The third-order valence-corrected chi connectivity index (χ3v) is 3.53. The molecule has 108 valence electrons. The summed E-state index contributed by atoms with van der Waals surface area (Å²) in [5, 5.41) is 11.8. The fraction of sp³-hybridized carbons (Fsp3) is 0.643. The van der Waals surface area contributed by atoms with Gasteiger partial charge < -0.3 is 9.84 Å². The third-order valence-electron chi connectivity index (χ3n) is 3.53. The van der Waals surface area contributed by atoms with E-state index in [2.05, 4.69) is 34.4 Å². The first-order valence-corrected chi connectivity index (χ1v) is 7.20. The largest absolute Gasteiger partial charge is 0.338 e. The molecule has 0 unspecified atom stereocenters. The van der Waals surface area contributed by atoms with Gasteiger partial charge in [0.2, 0.25) is 5.89 Å². The minimum absolute atomic E-state index is 0.0571. The summed E-state index contributed by atoms with van der Waals surface area (Å²) >= 11 is 0. The van der Waals surface area contributed by atoms with Crippen LogP contribution >= 0.6 is 0 Å². The molecule has 2 atom stereocenters. The fourth-order valence-corrected chi connectivity index (χ4v) is 2.33. The van der Waals surface area contributed by atoms with Gasteiger partial charge in [0, 0.05) is 18.2 Å². The number of rotatable bonds is 6. The maximum Gasteiger partial charge on any atom is 0.243 e. The van der Waals surface area contributed by atoms with Gasteiger partial charge in [0.25, 0.3) is 0 Å². The molecule has 1 aliphatic rings. The van der Waals surface area contributed by atoms with Crippen LogP contribution in [0, 0.1) is 6.92 Å². The Labute approximate surface area is 118 Å². The lowest BCUT2D eigenvalue weighted by atomic mass is 10.2. The molecule has 20 heavy (non-hydrogen) atoms. The van der Waals surface area contributed by atoms with Crippen LogP contribution in [0.3, 0.4) is 0 Å². The van der Waals surface area contributed by atoms with E-state index in [0.29, 0.717) is 11.8 Å². The number of aryl methyl sites for hydroxylation is 1. The Bertz CT molecular complexity index is 572. The molecule has 0 radical (unpaired) electrons. The Hall–Kier alpha value is -1.69. The summed E-state index contributed by atoms with van der Waals surface area (Å²) in [6.45, 7) is 7.05. The Morgan fingerprint density at radius 2 is 2.25 bits per heavy atom. The number of nitrogens with zero attached hydrogens (tertiary/aromatic N) is 4. The molecule has 2 aromatic rings. The molecule has 2 aromatic heterocycles. The second kappa shape index (κ2) is 5.36. The SMILES string of the molecule is Cc1cnn(C[C@@H](C)N[C@@H](C)c2nc(C3CC3)no2)c1. The van der Waals surface area contributed by atoms with Crippen LogP contribution in [0.2, 0.25) is 0 Å². The lowest BCUT2D eigenvalue weighted by Gasteiger charge is -2.17. The predicted molar refractivity (Wildman–Crippen MR) is 74.2 cm³/mol. The summed E-state index contributed by atoms with van der Waals surface area (Å²) in [6.07, 6.45) is 6.29. The van der Waals surface area contributed by atoms with Crippen LogP contribution in [0.25, 0.3) is 0 Å². The van der Waals surface area contributed by atoms with Gasteiger partial charge in [-0.15, -0.1) is 0 Å². The van der Waals surface area contributed by atoms with Crippen molar-refractivity contribution in [2.24, 2.45) is 0 Å². The van der Waals surface area contributed by atoms with E-state index >= 15 is 0 Å². The monoisotopic (exact) mass is 275 g/mol. The van der Waals surface area contributed by atoms with Crippen molar-refractivity contribution in [1.29, 1.82) is 0 Å². The van der Waals surface area contributed by atoms with Crippen molar-refractivity contribution in [3.63, 3.8) is 0 Å². The van der Waals surface area contributed by atoms with Gasteiger partial charge in [-0.1, -0.05) is 5.16 Å². The van der Waals surface area contributed by atoms with Crippen LogP contribution in [0.4, 0.5) is 0 Å². The second-order valence-corrected chi connectivity index (χ2v) is 5.79. The van der Waals surface area contributed by atoms with E-state index in [9.17, 15) is 0 Å². The average molecular weight is 275 g/mol. The third kappa shape index (κ3) is 3.07. The summed E-state index contributed by atoms with van der Waals surface area (Å²) in [5.74, 6) is 2.07. The Kier molecular flexibility index (Phi) is 3.56. The van der Waals surface area contributed by atoms with E-state index in [1.54, 1.807) is 0 Å². The topological polar surface area (TPSA) is 68.8 Å². The van der Waals surface area contributed by atoms with Crippen LogP contribution < -0.4 is 5.32 Å². The maximum atomic E-state index is 5.34. The van der Waals surface area contributed by atoms with Gasteiger partial charge in [-0.2, -0.15) is 10.1 Å². The first kappa shape index (κ1) is 13.3. The van der Waals surface area contributed by atoms with Gasteiger partial charge in [-0.05, 0) is 39.2 Å². The second-order valence-electron chi connectivity index (χ2n) is 5.79. The number of aromatic nitrogens is 4. The van der Waals surface area contributed by atoms with Crippen molar-refractivity contribution < 1.29 is 4.52 Å². The zero-order valence-electron chi connectivity index (χ0n) is 12.2. The summed E-state index contributed by atoms with van der Waals surface area (Å²) < 4.78 is 7.28. The molecule has 0 bridgehead atoms. The highest BCUT2D eigenvalue weighted by Gasteiger charge is 2.29. The molecule has 6 nitrogen and oxygen atoms in total. The molecular weight excluding hydrogens is 254 g/mol. The highest BCUT2D eigenvalue weighted by Crippen LogP contribution is 2.38. The number of hydrogen-bond acceptors (Lipinski definition) is 5. The van der Waals surface area contributed by atoms with Crippen molar-refractivity contribution in [2.45, 2.75) is 58.2 Å². The maximum absolute atomic E-state index is 5.34. The zero-order chi connectivity index (χ0) is 14.1. The van der Waals surface area contributed by atoms with Crippen LogP contribution in [-0.2, 0) is 6.54 Å². The Morgan fingerprint density at radius 1 is 1.45 bits per heavy atom. The van der Waals surface area contributed by atoms with Gasteiger partial charge in [0.15, 0.2) is 5.82 Å². The van der Waals surface area contributed by atoms with Gasteiger partial charge in [-0.25, -0.2) is 0 Å². The molecule has 3 rings (SSSR count). The van der Waals surface area contributed by atoms with E-state index in [1.807, 2.05) is 24.0 Å². The van der Waals surface area contributed by atoms with E-state index in [4.69, 9.17) is 4.52 Å². The molecule has 1 saturated carbocycles. The van der Waals surface area contributed by atoms with Crippen LogP contribution in [0.1, 0.15) is 55.9 Å². The zero-order valence-corrected chi connectivity index (χ0v) is 12.2. The van der Waals surface area contributed by atoms with E-state index in [0.717, 1.165) is 12.4 Å². The molecule has 1 fully saturated rings. The van der Waals surface area contributed by atoms with E-state index in [1.165, 1.54) is 18.4 Å². The quantitative estimate of drug-likeness (QED) is 0.875. The predicted octanol–water partition coefficient (Wildman–Crippen LogP) is 2.19. The fourth-order valence-electron chi connectivity index (χ4n) is 2.33. The number of hydrogen-bond donors (Lipinski definition) is 1. The lowest BCUT2D eigenvalue weighted by Crippen LogP contribution is -2.33. The first-order chi connectivity index (χ1) is 9.61. The molecule has 0 amide bonds.